The summed E-state index contributed by atoms with van der Waals surface area (Å²) in [5.41, 5.74) is 1.87. The molecule has 13 heavy (non-hydrogen) atoms. The first kappa shape index (κ1) is 8.05. The van der Waals surface area contributed by atoms with Crippen LogP contribution in [0.5, 0.6) is 5.75 Å². The summed E-state index contributed by atoms with van der Waals surface area (Å²) < 4.78 is 5.12. The van der Waals surface area contributed by atoms with Crippen LogP contribution >= 0.6 is 0 Å². The molecule has 2 heteroatoms. The van der Waals surface area contributed by atoms with E-state index in [9.17, 15) is 0 Å². The van der Waals surface area contributed by atoms with E-state index in [-0.39, 0.29) is 0 Å². The Labute approximate surface area is 77.2 Å². The molecule has 2 nitrogen and oxygen atoms in total. The molecule has 2 aromatic rings. The molecule has 1 aromatic carbocycles. The lowest BCUT2D eigenvalue weighted by Crippen LogP contribution is -1.86. The van der Waals surface area contributed by atoms with Crippen molar-refractivity contribution in [3.05, 3.63) is 42.9 Å². The number of hydrogen-bond donors (Lipinski definition) is 0. The van der Waals surface area contributed by atoms with E-state index in [1.54, 1.807) is 13.3 Å². The highest BCUT2D eigenvalue weighted by Gasteiger charge is 2.00. The van der Waals surface area contributed by atoms with Gasteiger partial charge in [-0.2, -0.15) is 0 Å². The summed E-state index contributed by atoms with van der Waals surface area (Å²) in [5.74, 6) is 0.802. The predicted molar refractivity (Wildman–Crippen MR) is 52.8 cm³/mol. The smallest absolute Gasteiger partial charge is 0.121 e. The zero-order chi connectivity index (χ0) is 9.26. The van der Waals surface area contributed by atoms with Gasteiger partial charge in [-0.25, -0.2) is 0 Å². The maximum atomic E-state index is 5.12. The van der Waals surface area contributed by atoms with Crippen molar-refractivity contribution in [2.75, 3.05) is 7.11 Å². The molecule has 0 unspecified atom stereocenters. The first-order valence-corrected chi connectivity index (χ1v) is 4.06. The normalized spacial score (nSPS) is 10.3. The van der Waals surface area contributed by atoms with Crippen molar-refractivity contribution in [3.8, 4) is 5.75 Å². The molecule has 0 aliphatic heterocycles. The van der Waals surface area contributed by atoms with Crippen LogP contribution in [0.1, 0.15) is 5.56 Å². The van der Waals surface area contributed by atoms with Gasteiger partial charge in [-0.1, -0.05) is 6.07 Å². The van der Waals surface area contributed by atoms with E-state index in [1.165, 1.54) is 0 Å². The summed E-state index contributed by atoms with van der Waals surface area (Å²) >= 11 is 0. The van der Waals surface area contributed by atoms with Crippen LogP contribution in [-0.4, -0.2) is 12.1 Å². The van der Waals surface area contributed by atoms with Gasteiger partial charge >= 0.3 is 0 Å². The quantitative estimate of drug-likeness (QED) is 0.659. The molecule has 0 aliphatic carbocycles. The number of ether oxygens (including phenoxy) is 1. The van der Waals surface area contributed by atoms with Gasteiger partial charge in [0.25, 0.3) is 0 Å². The van der Waals surface area contributed by atoms with Gasteiger partial charge in [0.2, 0.25) is 0 Å². The minimum atomic E-state index is 0.802. The maximum absolute atomic E-state index is 5.12. The summed E-state index contributed by atoms with van der Waals surface area (Å²) in [6, 6.07) is 7.72. The van der Waals surface area contributed by atoms with Gasteiger partial charge in [0.1, 0.15) is 5.75 Å². The summed E-state index contributed by atoms with van der Waals surface area (Å²) in [5, 5.41) is 1.07. The van der Waals surface area contributed by atoms with Crippen LogP contribution in [0.25, 0.3) is 10.9 Å². The molecular weight excluding hydrogens is 162 g/mol. The monoisotopic (exact) mass is 172 g/mol. The summed E-state index contributed by atoms with van der Waals surface area (Å²) in [4.78, 5) is 4.23. The molecule has 0 amide bonds. The third-order valence-corrected chi connectivity index (χ3v) is 2.02. The van der Waals surface area contributed by atoms with Gasteiger partial charge in [-0.15, -0.1) is 0 Å². The van der Waals surface area contributed by atoms with E-state index >= 15 is 0 Å². The summed E-state index contributed by atoms with van der Waals surface area (Å²) in [6.07, 6.45) is 1.77. The molecule has 0 aliphatic rings. The Bertz CT molecular complexity index is 437. The van der Waals surface area contributed by atoms with Crippen molar-refractivity contribution in [2.45, 2.75) is 0 Å². The molecule has 0 atom stereocenters. The van der Waals surface area contributed by atoms with E-state index in [0.717, 1.165) is 22.2 Å². The Kier molecular flexibility index (Phi) is 1.89. The van der Waals surface area contributed by atoms with E-state index in [0.29, 0.717) is 0 Å². The van der Waals surface area contributed by atoms with Crippen molar-refractivity contribution < 1.29 is 4.74 Å². The van der Waals surface area contributed by atoms with Gasteiger partial charge in [0.15, 0.2) is 0 Å². The number of benzene rings is 1. The van der Waals surface area contributed by atoms with Crippen LogP contribution in [0, 0.1) is 6.92 Å². The standard InChI is InChI=1S/C11H10NO/c1-8-6-9(13-2)7-11-10(8)4-3-5-12-11/h3-7H,1H2,2H3. The van der Waals surface area contributed by atoms with E-state index in [2.05, 4.69) is 11.9 Å². The molecule has 1 aromatic heterocycles. The Morgan fingerprint density at radius 2 is 2.23 bits per heavy atom. The molecule has 0 spiro atoms. The van der Waals surface area contributed by atoms with Gasteiger partial charge in [-0.3, -0.25) is 4.98 Å². The highest BCUT2D eigenvalue weighted by atomic mass is 16.5. The number of pyridine rings is 1. The lowest BCUT2D eigenvalue weighted by molar-refractivity contribution is 0.415. The Morgan fingerprint density at radius 1 is 1.38 bits per heavy atom. The highest BCUT2D eigenvalue weighted by molar-refractivity contribution is 5.84. The molecule has 0 saturated heterocycles. The second kappa shape index (κ2) is 3.05. The van der Waals surface area contributed by atoms with Crippen LogP contribution in [-0.2, 0) is 0 Å². The number of rotatable bonds is 1. The average Bonchev–Trinajstić information content (AvgIpc) is 2.18. The maximum Gasteiger partial charge on any atom is 0.121 e. The zero-order valence-corrected chi connectivity index (χ0v) is 7.45. The summed E-state index contributed by atoms with van der Waals surface area (Å²) in [7, 11) is 1.64. The van der Waals surface area contributed by atoms with Gasteiger partial charge in [0, 0.05) is 17.6 Å². The number of methoxy groups -OCH3 is 1. The molecular formula is C11H10NO. The minimum absolute atomic E-state index is 0.802. The minimum Gasteiger partial charge on any atom is -0.497 e. The number of nitrogens with zero attached hydrogens (tertiary/aromatic N) is 1. The topological polar surface area (TPSA) is 22.1 Å². The van der Waals surface area contributed by atoms with Crippen molar-refractivity contribution in [1.29, 1.82) is 0 Å². The first-order chi connectivity index (χ1) is 6.31. The second-order valence-corrected chi connectivity index (χ2v) is 2.86. The molecule has 0 fully saturated rings. The van der Waals surface area contributed by atoms with Crippen molar-refractivity contribution >= 4 is 10.9 Å². The molecule has 0 N–H and O–H groups in total. The number of hydrogen-bond acceptors (Lipinski definition) is 2. The zero-order valence-electron chi connectivity index (χ0n) is 7.45. The highest BCUT2D eigenvalue weighted by Crippen LogP contribution is 2.22. The molecule has 2 rings (SSSR count). The van der Waals surface area contributed by atoms with Crippen molar-refractivity contribution in [3.63, 3.8) is 0 Å². The largest absolute Gasteiger partial charge is 0.497 e. The van der Waals surface area contributed by atoms with Gasteiger partial charge in [-0.05, 0) is 24.6 Å². The third kappa shape index (κ3) is 1.35. The third-order valence-electron chi connectivity index (χ3n) is 2.02. The van der Waals surface area contributed by atoms with Crippen molar-refractivity contribution in [2.24, 2.45) is 0 Å². The lowest BCUT2D eigenvalue weighted by Gasteiger charge is -2.04. The van der Waals surface area contributed by atoms with E-state index < -0.39 is 0 Å². The SMILES string of the molecule is [CH2]c1cc(OC)cc2ncccc12. The molecule has 1 heterocycles. The Hall–Kier alpha value is -1.57. The number of fused-ring (bicyclic) bond motifs is 1. The van der Waals surface area contributed by atoms with Crippen LogP contribution in [0.15, 0.2) is 30.5 Å². The second-order valence-electron chi connectivity index (χ2n) is 2.86. The fourth-order valence-electron chi connectivity index (χ4n) is 1.35. The van der Waals surface area contributed by atoms with Gasteiger partial charge < -0.3 is 4.74 Å². The van der Waals surface area contributed by atoms with Crippen LogP contribution < -0.4 is 4.74 Å². The first-order valence-electron chi connectivity index (χ1n) is 4.06. The molecule has 0 bridgehead atoms. The van der Waals surface area contributed by atoms with Gasteiger partial charge in [0.05, 0.1) is 12.6 Å². The summed E-state index contributed by atoms with van der Waals surface area (Å²) in [6.45, 7) is 3.94. The van der Waals surface area contributed by atoms with E-state index in [1.807, 2.05) is 24.3 Å². The average molecular weight is 172 g/mol. The number of aromatic nitrogens is 1. The fraction of sp³-hybridized carbons (Fsp3) is 0.0909. The van der Waals surface area contributed by atoms with Crippen LogP contribution in [0.2, 0.25) is 0 Å². The van der Waals surface area contributed by atoms with Crippen LogP contribution in [0.3, 0.4) is 0 Å². The predicted octanol–water partition coefficient (Wildman–Crippen LogP) is 2.43. The Morgan fingerprint density at radius 3 is 3.00 bits per heavy atom. The molecule has 65 valence electrons. The Balaban J connectivity index is 2.77. The van der Waals surface area contributed by atoms with E-state index in [4.69, 9.17) is 4.74 Å². The lowest BCUT2D eigenvalue weighted by atomic mass is 10.1. The molecule has 0 saturated carbocycles. The van der Waals surface area contributed by atoms with Crippen LogP contribution in [0.4, 0.5) is 0 Å². The molecule has 1 radical (unpaired) electrons. The fourth-order valence-corrected chi connectivity index (χ4v) is 1.35. The van der Waals surface area contributed by atoms with Crippen molar-refractivity contribution in [1.82, 2.24) is 4.98 Å².